The van der Waals surface area contributed by atoms with E-state index >= 15 is 0 Å². The van der Waals surface area contributed by atoms with Crippen LogP contribution in [0, 0.1) is 24.1 Å². The maximum absolute atomic E-state index is 13.3. The second-order valence-electron chi connectivity index (χ2n) is 8.46. The van der Waals surface area contributed by atoms with E-state index in [0.717, 1.165) is 44.9 Å². The molecule has 3 fully saturated rings. The van der Waals surface area contributed by atoms with Gasteiger partial charge in [-0.1, -0.05) is 19.3 Å². The molecular weight excluding hydrogens is 367 g/mol. The molecule has 4 rings (SSSR count). The molecule has 1 heterocycles. The van der Waals surface area contributed by atoms with E-state index < -0.39 is 10.0 Å². The number of carbonyl (C=O) groups is 1. The van der Waals surface area contributed by atoms with Crippen LogP contribution in [0.4, 0.5) is 10.1 Å². The highest BCUT2D eigenvalue weighted by atomic mass is 32.2. The van der Waals surface area contributed by atoms with Crippen molar-refractivity contribution in [2.45, 2.75) is 57.1 Å². The summed E-state index contributed by atoms with van der Waals surface area (Å²) in [5.74, 6) is -0.826. The number of rotatable bonds is 4. The quantitative estimate of drug-likeness (QED) is 0.851. The van der Waals surface area contributed by atoms with E-state index in [4.69, 9.17) is 0 Å². The van der Waals surface area contributed by atoms with E-state index in [1.807, 2.05) is 0 Å². The SMILES string of the molecule is Cc1cc(F)ccc1NC(=O)[C@H]1CN(S(=O)(=O)C2CC2)CC12CCCCC2. The minimum atomic E-state index is -3.29. The van der Waals surface area contributed by atoms with Gasteiger partial charge in [-0.15, -0.1) is 0 Å². The third kappa shape index (κ3) is 3.51. The second-order valence-corrected chi connectivity index (χ2v) is 10.7. The molecule has 1 aromatic rings. The molecule has 148 valence electrons. The minimum Gasteiger partial charge on any atom is -0.326 e. The Balaban J connectivity index is 1.59. The summed E-state index contributed by atoms with van der Waals surface area (Å²) in [5.41, 5.74) is 0.996. The zero-order chi connectivity index (χ0) is 19.2. The molecule has 2 aliphatic carbocycles. The number of hydrogen-bond donors (Lipinski definition) is 1. The molecule has 5 nitrogen and oxygen atoms in total. The molecule has 0 bridgehead atoms. The van der Waals surface area contributed by atoms with Crippen LogP contribution in [0.5, 0.6) is 0 Å². The Bertz CT molecular complexity index is 845. The van der Waals surface area contributed by atoms with Crippen molar-refractivity contribution in [1.82, 2.24) is 4.31 Å². The van der Waals surface area contributed by atoms with Crippen molar-refractivity contribution in [2.24, 2.45) is 11.3 Å². The number of sulfonamides is 1. The molecule has 3 aliphatic rings. The zero-order valence-corrected chi connectivity index (χ0v) is 16.5. The van der Waals surface area contributed by atoms with E-state index in [1.54, 1.807) is 17.3 Å². The number of benzene rings is 1. The fourth-order valence-corrected chi connectivity index (χ4v) is 6.75. The predicted octanol–water partition coefficient (Wildman–Crippen LogP) is 3.45. The van der Waals surface area contributed by atoms with Crippen LogP contribution in [-0.2, 0) is 14.8 Å². The minimum absolute atomic E-state index is 0.139. The normalized spacial score (nSPS) is 25.6. The van der Waals surface area contributed by atoms with Crippen LogP contribution in [0.15, 0.2) is 18.2 Å². The van der Waals surface area contributed by atoms with Gasteiger partial charge in [-0.05, 0) is 61.8 Å². The number of carbonyl (C=O) groups excluding carboxylic acids is 1. The fourth-order valence-electron chi connectivity index (χ4n) is 4.80. The van der Waals surface area contributed by atoms with Gasteiger partial charge in [-0.25, -0.2) is 17.1 Å². The van der Waals surface area contributed by atoms with E-state index in [2.05, 4.69) is 5.32 Å². The van der Waals surface area contributed by atoms with E-state index in [1.165, 1.54) is 12.1 Å². The smallest absolute Gasteiger partial charge is 0.229 e. The summed E-state index contributed by atoms with van der Waals surface area (Å²) >= 11 is 0. The monoisotopic (exact) mass is 394 g/mol. The molecular formula is C20H27FN2O3S. The number of anilines is 1. The molecule has 0 radical (unpaired) electrons. The molecule has 1 aliphatic heterocycles. The highest BCUT2D eigenvalue weighted by Crippen LogP contribution is 2.50. The summed E-state index contributed by atoms with van der Waals surface area (Å²) in [6, 6.07) is 4.30. The maximum Gasteiger partial charge on any atom is 0.229 e. The van der Waals surface area contributed by atoms with Crippen LogP contribution in [0.2, 0.25) is 0 Å². The first-order valence-electron chi connectivity index (χ1n) is 9.88. The Labute approximate surface area is 160 Å². The number of amides is 1. The zero-order valence-electron chi connectivity index (χ0n) is 15.7. The summed E-state index contributed by atoms with van der Waals surface area (Å²) in [4.78, 5) is 13.2. The van der Waals surface area contributed by atoms with Crippen molar-refractivity contribution in [1.29, 1.82) is 0 Å². The van der Waals surface area contributed by atoms with E-state index in [-0.39, 0.29) is 34.9 Å². The number of hydrogen-bond acceptors (Lipinski definition) is 3. The first-order valence-corrected chi connectivity index (χ1v) is 11.4. The van der Waals surface area contributed by atoms with Gasteiger partial charge in [0.15, 0.2) is 0 Å². The number of nitrogens with one attached hydrogen (secondary N) is 1. The van der Waals surface area contributed by atoms with Crippen molar-refractivity contribution in [3.63, 3.8) is 0 Å². The highest BCUT2D eigenvalue weighted by Gasteiger charge is 2.55. The van der Waals surface area contributed by atoms with E-state index in [0.29, 0.717) is 17.8 Å². The molecule has 1 spiro atoms. The summed E-state index contributed by atoms with van der Waals surface area (Å²) < 4.78 is 40.5. The first-order chi connectivity index (χ1) is 12.8. The van der Waals surface area contributed by atoms with Crippen LogP contribution in [0.1, 0.15) is 50.5 Å². The van der Waals surface area contributed by atoms with Gasteiger partial charge in [-0.2, -0.15) is 0 Å². The molecule has 0 aromatic heterocycles. The van der Waals surface area contributed by atoms with Gasteiger partial charge < -0.3 is 5.32 Å². The average molecular weight is 395 g/mol. The summed E-state index contributed by atoms with van der Waals surface area (Å²) in [6.07, 6.45) is 6.47. The Morgan fingerprint density at radius 2 is 1.93 bits per heavy atom. The Hall–Kier alpha value is -1.47. The molecule has 1 atom stereocenters. The van der Waals surface area contributed by atoms with Gasteiger partial charge >= 0.3 is 0 Å². The van der Waals surface area contributed by atoms with Gasteiger partial charge in [-0.3, -0.25) is 4.79 Å². The number of aryl methyl sites for hydroxylation is 1. The van der Waals surface area contributed by atoms with Crippen LogP contribution in [0.25, 0.3) is 0 Å². The lowest BCUT2D eigenvalue weighted by atomic mass is 9.67. The van der Waals surface area contributed by atoms with Crippen LogP contribution in [0.3, 0.4) is 0 Å². The van der Waals surface area contributed by atoms with Gasteiger partial charge in [0.1, 0.15) is 5.82 Å². The van der Waals surface area contributed by atoms with Gasteiger partial charge in [0, 0.05) is 18.8 Å². The molecule has 1 saturated heterocycles. The highest BCUT2D eigenvalue weighted by molar-refractivity contribution is 7.90. The lowest BCUT2D eigenvalue weighted by Crippen LogP contribution is -2.39. The van der Waals surface area contributed by atoms with Crippen LogP contribution < -0.4 is 5.32 Å². The van der Waals surface area contributed by atoms with Crippen molar-refractivity contribution < 1.29 is 17.6 Å². The summed E-state index contributed by atoms with van der Waals surface area (Å²) in [6.45, 7) is 2.49. The molecule has 1 amide bonds. The van der Waals surface area contributed by atoms with Crippen molar-refractivity contribution >= 4 is 21.6 Å². The Kier molecular flexibility index (Phi) is 4.79. The first kappa shape index (κ1) is 18.9. The second kappa shape index (κ2) is 6.85. The fraction of sp³-hybridized carbons (Fsp3) is 0.650. The van der Waals surface area contributed by atoms with Crippen LogP contribution in [-0.4, -0.2) is 37.0 Å². The Morgan fingerprint density at radius 3 is 2.56 bits per heavy atom. The van der Waals surface area contributed by atoms with Gasteiger partial charge in [0.05, 0.1) is 11.2 Å². The van der Waals surface area contributed by atoms with E-state index in [9.17, 15) is 17.6 Å². The lowest BCUT2D eigenvalue weighted by Gasteiger charge is -2.37. The predicted molar refractivity (Wildman–Crippen MR) is 102 cm³/mol. The average Bonchev–Trinajstić information content (AvgIpc) is 3.42. The number of nitrogens with zero attached hydrogens (tertiary/aromatic N) is 1. The third-order valence-corrected chi connectivity index (χ3v) is 8.85. The van der Waals surface area contributed by atoms with Crippen molar-refractivity contribution in [3.05, 3.63) is 29.6 Å². The Morgan fingerprint density at radius 1 is 1.22 bits per heavy atom. The topological polar surface area (TPSA) is 66.5 Å². The molecule has 1 aromatic carbocycles. The molecule has 27 heavy (non-hydrogen) atoms. The molecule has 7 heteroatoms. The van der Waals surface area contributed by atoms with Gasteiger partial charge in [0.25, 0.3) is 0 Å². The van der Waals surface area contributed by atoms with Crippen molar-refractivity contribution in [2.75, 3.05) is 18.4 Å². The molecule has 1 N–H and O–H groups in total. The third-order valence-electron chi connectivity index (χ3n) is 6.53. The van der Waals surface area contributed by atoms with Crippen molar-refractivity contribution in [3.8, 4) is 0 Å². The lowest BCUT2D eigenvalue weighted by molar-refractivity contribution is -0.123. The van der Waals surface area contributed by atoms with Crippen LogP contribution >= 0.6 is 0 Å². The summed E-state index contributed by atoms with van der Waals surface area (Å²) in [7, 11) is -3.29. The maximum atomic E-state index is 13.3. The van der Waals surface area contributed by atoms with Gasteiger partial charge in [0.2, 0.25) is 15.9 Å². The standard InChI is InChI=1S/C20H27FN2O3S/c1-14-11-15(21)5-8-18(14)22-19(24)17-12-23(27(25,26)16-6-7-16)13-20(17)9-3-2-4-10-20/h5,8,11,16-17H,2-4,6-7,9-10,12-13H2,1H3,(H,22,24)/t17-/m1/s1. The number of halogens is 1. The molecule has 2 saturated carbocycles. The molecule has 0 unspecified atom stereocenters. The largest absolute Gasteiger partial charge is 0.326 e. The summed E-state index contributed by atoms with van der Waals surface area (Å²) in [5, 5.41) is 2.69.